The minimum atomic E-state index is 0. The summed E-state index contributed by atoms with van der Waals surface area (Å²) in [7, 11) is 0. The molecule has 2 N–H and O–H groups in total. The van der Waals surface area contributed by atoms with Gasteiger partial charge in [0.15, 0.2) is 5.96 Å². The first kappa shape index (κ1) is 24.2. The van der Waals surface area contributed by atoms with E-state index in [0.717, 1.165) is 49.9 Å². The monoisotopic (exact) mass is 516 g/mol. The summed E-state index contributed by atoms with van der Waals surface area (Å²) in [6.45, 7) is 13.9. The van der Waals surface area contributed by atoms with E-state index in [2.05, 4.69) is 54.5 Å². The van der Waals surface area contributed by atoms with Crippen molar-refractivity contribution in [2.24, 2.45) is 10.9 Å². The van der Waals surface area contributed by atoms with E-state index in [9.17, 15) is 0 Å². The Morgan fingerprint density at radius 3 is 2.83 bits per heavy atom. The van der Waals surface area contributed by atoms with Crippen molar-refractivity contribution in [1.82, 2.24) is 15.5 Å². The SMILES string of the molecule is CCNC(=NCc1ccc(C)cc1OC1CCOC1)NCC1CCN(CC)C1.I. The molecule has 7 heteroatoms. The highest BCUT2D eigenvalue weighted by Crippen LogP contribution is 2.24. The van der Waals surface area contributed by atoms with E-state index in [0.29, 0.717) is 19.1 Å². The van der Waals surface area contributed by atoms with E-state index in [1.165, 1.54) is 25.1 Å². The minimum Gasteiger partial charge on any atom is -0.488 e. The van der Waals surface area contributed by atoms with Gasteiger partial charge < -0.3 is 25.0 Å². The van der Waals surface area contributed by atoms with Crippen molar-refractivity contribution in [3.8, 4) is 5.75 Å². The summed E-state index contributed by atoms with van der Waals surface area (Å²) in [5.41, 5.74) is 2.32. The average Bonchev–Trinajstić information content (AvgIpc) is 3.37. The summed E-state index contributed by atoms with van der Waals surface area (Å²) < 4.78 is 11.7. The molecule has 0 amide bonds. The second-order valence-corrected chi connectivity index (χ2v) is 7.84. The minimum absolute atomic E-state index is 0. The summed E-state index contributed by atoms with van der Waals surface area (Å²) in [6.07, 6.45) is 2.37. The number of hydrogen-bond donors (Lipinski definition) is 2. The van der Waals surface area contributed by atoms with Crippen LogP contribution in [0.25, 0.3) is 0 Å². The van der Waals surface area contributed by atoms with Crippen LogP contribution in [0.2, 0.25) is 0 Å². The Bertz CT molecular complexity index is 650. The molecule has 2 aliphatic heterocycles. The second kappa shape index (κ2) is 12.6. The average molecular weight is 516 g/mol. The van der Waals surface area contributed by atoms with Gasteiger partial charge in [-0.2, -0.15) is 0 Å². The third kappa shape index (κ3) is 7.61. The van der Waals surface area contributed by atoms with Gasteiger partial charge in [-0.1, -0.05) is 19.1 Å². The topological polar surface area (TPSA) is 58.1 Å². The Morgan fingerprint density at radius 1 is 1.28 bits per heavy atom. The number of guanidine groups is 1. The van der Waals surface area contributed by atoms with Gasteiger partial charge in [0.2, 0.25) is 0 Å². The number of aryl methyl sites for hydroxylation is 1. The number of aliphatic imine (C=N–C) groups is 1. The first-order chi connectivity index (χ1) is 13.7. The first-order valence-electron chi connectivity index (χ1n) is 10.8. The van der Waals surface area contributed by atoms with Gasteiger partial charge in [-0.15, -0.1) is 24.0 Å². The third-order valence-electron chi connectivity index (χ3n) is 5.53. The normalized spacial score (nSPS) is 22.4. The van der Waals surface area contributed by atoms with Crippen molar-refractivity contribution in [3.63, 3.8) is 0 Å². The Balaban J connectivity index is 0.00000300. The maximum absolute atomic E-state index is 6.20. The predicted molar refractivity (Wildman–Crippen MR) is 129 cm³/mol. The number of rotatable bonds is 8. The van der Waals surface area contributed by atoms with Crippen molar-refractivity contribution >= 4 is 29.9 Å². The molecule has 0 radical (unpaired) electrons. The van der Waals surface area contributed by atoms with E-state index in [4.69, 9.17) is 14.5 Å². The highest BCUT2D eigenvalue weighted by atomic mass is 127. The van der Waals surface area contributed by atoms with Gasteiger partial charge in [0.05, 0.1) is 19.8 Å². The lowest BCUT2D eigenvalue weighted by molar-refractivity contribution is 0.140. The van der Waals surface area contributed by atoms with Crippen LogP contribution in [0.1, 0.15) is 37.8 Å². The van der Waals surface area contributed by atoms with Gasteiger partial charge in [-0.3, -0.25) is 0 Å². The molecule has 0 saturated carbocycles. The Morgan fingerprint density at radius 2 is 2.14 bits per heavy atom. The number of hydrogen-bond acceptors (Lipinski definition) is 4. The number of halogens is 1. The van der Waals surface area contributed by atoms with Crippen LogP contribution < -0.4 is 15.4 Å². The van der Waals surface area contributed by atoms with Crippen LogP contribution in [-0.2, 0) is 11.3 Å². The largest absolute Gasteiger partial charge is 0.488 e. The van der Waals surface area contributed by atoms with Gasteiger partial charge >= 0.3 is 0 Å². The summed E-state index contributed by atoms with van der Waals surface area (Å²) in [6, 6.07) is 6.37. The van der Waals surface area contributed by atoms with Crippen LogP contribution in [-0.4, -0.2) is 62.9 Å². The molecule has 2 saturated heterocycles. The Kier molecular flexibility index (Phi) is 10.5. The van der Waals surface area contributed by atoms with Gasteiger partial charge in [-0.05, 0) is 50.9 Å². The van der Waals surface area contributed by atoms with Crippen LogP contribution in [0, 0.1) is 12.8 Å². The number of likely N-dealkylation sites (tertiary alicyclic amines) is 1. The molecule has 29 heavy (non-hydrogen) atoms. The maximum Gasteiger partial charge on any atom is 0.191 e. The third-order valence-corrected chi connectivity index (χ3v) is 5.53. The zero-order valence-electron chi connectivity index (χ0n) is 18.1. The predicted octanol–water partition coefficient (Wildman–Crippen LogP) is 3.18. The van der Waals surface area contributed by atoms with Gasteiger partial charge in [-0.25, -0.2) is 4.99 Å². The first-order valence-corrected chi connectivity index (χ1v) is 10.8. The fraction of sp³-hybridized carbons (Fsp3) is 0.682. The van der Waals surface area contributed by atoms with Crippen molar-refractivity contribution in [2.45, 2.75) is 46.3 Å². The molecule has 0 aromatic heterocycles. The molecule has 0 spiro atoms. The van der Waals surface area contributed by atoms with Gasteiger partial charge in [0, 0.05) is 31.6 Å². The molecule has 6 nitrogen and oxygen atoms in total. The molecule has 3 rings (SSSR count). The van der Waals surface area contributed by atoms with Crippen molar-refractivity contribution in [2.75, 3.05) is 45.9 Å². The van der Waals surface area contributed by atoms with E-state index in [1.807, 2.05) is 0 Å². The molecule has 2 unspecified atom stereocenters. The van der Waals surface area contributed by atoms with Crippen molar-refractivity contribution in [1.29, 1.82) is 0 Å². The second-order valence-electron chi connectivity index (χ2n) is 7.84. The van der Waals surface area contributed by atoms with E-state index >= 15 is 0 Å². The lowest BCUT2D eigenvalue weighted by atomic mass is 10.1. The fourth-order valence-corrected chi connectivity index (χ4v) is 3.80. The molecule has 164 valence electrons. The van der Waals surface area contributed by atoms with Crippen LogP contribution >= 0.6 is 24.0 Å². The number of nitrogens with zero attached hydrogens (tertiary/aromatic N) is 2. The van der Waals surface area contributed by atoms with Crippen LogP contribution in [0.15, 0.2) is 23.2 Å². The standard InChI is InChI=1S/C22H36N4O2.HI/c1-4-23-22(24-13-18-8-10-26(5-2)15-18)25-14-19-7-6-17(3)12-21(19)28-20-9-11-27-16-20;/h6-7,12,18,20H,4-5,8-11,13-16H2,1-3H3,(H2,23,24,25);1H. The number of ether oxygens (including phenoxy) is 2. The van der Waals surface area contributed by atoms with Crippen molar-refractivity contribution < 1.29 is 9.47 Å². The molecule has 2 fully saturated rings. The molecular formula is C22H37IN4O2. The summed E-state index contributed by atoms with van der Waals surface area (Å²) >= 11 is 0. The van der Waals surface area contributed by atoms with Crippen LogP contribution in [0.5, 0.6) is 5.75 Å². The smallest absolute Gasteiger partial charge is 0.191 e. The molecule has 2 heterocycles. The highest BCUT2D eigenvalue weighted by Gasteiger charge is 2.21. The molecule has 1 aromatic carbocycles. The zero-order chi connectivity index (χ0) is 19.8. The maximum atomic E-state index is 6.20. The highest BCUT2D eigenvalue weighted by molar-refractivity contribution is 14.0. The van der Waals surface area contributed by atoms with Crippen molar-refractivity contribution in [3.05, 3.63) is 29.3 Å². The number of nitrogens with one attached hydrogen (secondary N) is 2. The molecule has 0 bridgehead atoms. The summed E-state index contributed by atoms with van der Waals surface area (Å²) in [5.74, 6) is 2.52. The van der Waals surface area contributed by atoms with Crippen LogP contribution in [0.4, 0.5) is 0 Å². The van der Waals surface area contributed by atoms with E-state index < -0.39 is 0 Å². The molecule has 0 aliphatic carbocycles. The van der Waals surface area contributed by atoms with Gasteiger partial charge in [0.1, 0.15) is 11.9 Å². The zero-order valence-corrected chi connectivity index (χ0v) is 20.4. The number of benzene rings is 1. The molecule has 1 aromatic rings. The molecular weight excluding hydrogens is 479 g/mol. The molecule has 2 aliphatic rings. The Labute approximate surface area is 192 Å². The van der Waals surface area contributed by atoms with E-state index in [-0.39, 0.29) is 30.1 Å². The van der Waals surface area contributed by atoms with E-state index in [1.54, 1.807) is 0 Å². The summed E-state index contributed by atoms with van der Waals surface area (Å²) in [5, 5.41) is 6.90. The lowest BCUT2D eigenvalue weighted by Gasteiger charge is -2.17. The fourth-order valence-electron chi connectivity index (χ4n) is 3.80. The molecule has 2 atom stereocenters. The quantitative estimate of drug-likeness (QED) is 0.316. The van der Waals surface area contributed by atoms with Gasteiger partial charge in [0.25, 0.3) is 0 Å². The van der Waals surface area contributed by atoms with Crippen LogP contribution in [0.3, 0.4) is 0 Å². The Hall–Kier alpha value is -1.06. The summed E-state index contributed by atoms with van der Waals surface area (Å²) in [4.78, 5) is 7.33. The lowest BCUT2D eigenvalue weighted by Crippen LogP contribution is -2.40.